The molecule has 25 heavy (non-hydrogen) atoms. The van der Waals surface area contributed by atoms with Gasteiger partial charge < -0.3 is 16.2 Å². The number of aliphatic carboxylic acids is 1. The zero-order chi connectivity index (χ0) is 18.1. The van der Waals surface area contributed by atoms with Crippen LogP contribution in [0.1, 0.15) is 55.5 Å². The zero-order valence-electron chi connectivity index (χ0n) is 13.7. The third-order valence-corrected chi connectivity index (χ3v) is 5.61. The molecule has 130 valence electrons. The fourth-order valence-electron chi connectivity index (χ4n) is 3.23. The van der Waals surface area contributed by atoms with E-state index in [1.165, 1.54) is 11.3 Å². The number of carboxylic acids is 1. The summed E-state index contributed by atoms with van der Waals surface area (Å²) in [4.78, 5) is 36.9. The number of benzene rings is 1. The minimum atomic E-state index is -0.974. The molecule has 0 radical (unpaired) electrons. The minimum absolute atomic E-state index is 0.133. The molecule has 1 unspecified atom stereocenters. The molecule has 2 amide bonds. The van der Waals surface area contributed by atoms with E-state index in [1.807, 2.05) is 19.1 Å². The van der Waals surface area contributed by atoms with E-state index in [1.54, 1.807) is 12.1 Å². The lowest BCUT2D eigenvalue weighted by Gasteiger charge is -2.19. The molecule has 0 spiro atoms. The number of hydrogen-bond acceptors (Lipinski definition) is 4. The molecule has 0 aliphatic heterocycles. The first-order valence-electron chi connectivity index (χ1n) is 7.95. The van der Waals surface area contributed by atoms with Gasteiger partial charge in [-0.15, -0.1) is 11.3 Å². The van der Waals surface area contributed by atoms with Crippen molar-refractivity contribution in [2.24, 2.45) is 5.73 Å². The van der Waals surface area contributed by atoms with Gasteiger partial charge in [0.1, 0.15) is 5.00 Å². The summed E-state index contributed by atoms with van der Waals surface area (Å²) in [5.41, 5.74) is 7.43. The monoisotopic (exact) mass is 358 g/mol. The average molecular weight is 358 g/mol. The molecule has 1 atom stereocenters. The Bertz CT molecular complexity index is 872. The number of carbonyl (C=O) groups excluding carboxylic acids is 2. The van der Waals surface area contributed by atoms with Crippen LogP contribution in [0.25, 0.3) is 0 Å². The van der Waals surface area contributed by atoms with Crippen LogP contribution in [0.3, 0.4) is 0 Å². The molecule has 4 N–H and O–H groups in total. The molecule has 1 aliphatic carbocycles. The lowest BCUT2D eigenvalue weighted by Crippen LogP contribution is -2.23. The summed E-state index contributed by atoms with van der Waals surface area (Å²) in [5.74, 6) is -2.79. The number of carboxylic acid groups (broad SMARTS) is 1. The third-order valence-electron chi connectivity index (χ3n) is 4.43. The number of nitrogens with one attached hydrogen (secondary N) is 1. The van der Waals surface area contributed by atoms with Crippen molar-refractivity contribution in [3.63, 3.8) is 0 Å². The van der Waals surface area contributed by atoms with Crippen LogP contribution in [-0.2, 0) is 11.2 Å². The maximum atomic E-state index is 12.6. The number of anilines is 1. The lowest BCUT2D eigenvalue weighted by molar-refractivity contribution is -0.139. The Kier molecular flexibility index (Phi) is 4.59. The predicted octanol–water partition coefficient (Wildman–Crippen LogP) is 2.91. The van der Waals surface area contributed by atoms with Gasteiger partial charge in [-0.25, -0.2) is 0 Å². The number of nitrogens with two attached hydrogens (primary N) is 1. The van der Waals surface area contributed by atoms with E-state index in [0.29, 0.717) is 29.0 Å². The predicted molar refractivity (Wildman–Crippen MR) is 95.3 cm³/mol. The summed E-state index contributed by atoms with van der Waals surface area (Å²) in [5, 5.41) is 12.5. The quantitative estimate of drug-likeness (QED) is 0.780. The number of aryl methyl sites for hydroxylation is 2. The molecule has 2 aromatic rings. The number of rotatable bonds is 4. The van der Waals surface area contributed by atoms with Crippen molar-refractivity contribution in [1.82, 2.24) is 0 Å². The summed E-state index contributed by atoms with van der Waals surface area (Å²) < 4.78 is 0. The number of hydrogen-bond donors (Lipinski definition) is 3. The second-order valence-corrected chi connectivity index (χ2v) is 7.16. The molecule has 0 saturated carbocycles. The lowest BCUT2D eigenvalue weighted by atomic mass is 9.85. The van der Waals surface area contributed by atoms with Gasteiger partial charge in [-0.1, -0.05) is 18.2 Å². The van der Waals surface area contributed by atoms with Crippen molar-refractivity contribution in [1.29, 1.82) is 0 Å². The van der Waals surface area contributed by atoms with Gasteiger partial charge in [0.15, 0.2) is 0 Å². The SMILES string of the molecule is Cc1ccccc1C(=O)Nc1sc2c(c1C(N)=O)C(C(=O)O)CCC2. The van der Waals surface area contributed by atoms with E-state index in [-0.39, 0.29) is 11.5 Å². The first kappa shape index (κ1) is 17.2. The highest BCUT2D eigenvalue weighted by Crippen LogP contribution is 2.43. The molecule has 7 heteroatoms. The number of carbonyl (C=O) groups is 3. The molecule has 0 fully saturated rings. The number of thiophene rings is 1. The van der Waals surface area contributed by atoms with Gasteiger partial charge in [0.2, 0.25) is 0 Å². The second-order valence-electron chi connectivity index (χ2n) is 6.06. The van der Waals surface area contributed by atoms with Crippen molar-refractivity contribution in [2.45, 2.75) is 32.1 Å². The van der Waals surface area contributed by atoms with Gasteiger partial charge in [0.25, 0.3) is 11.8 Å². The Labute approximate surface area is 148 Å². The maximum Gasteiger partial charge on any atom is 0.311 e. The highest BCUT2D eigenvalue weighted by atomic mass is 32.1. The van der Waals surface area contributed by atoms with E-state index < -0.39 is 17.8 Å². The fourth-order valence-corrected chi connectivity index (χ4v) is 4.54. The molecular weight excluding hydrogens is 340 g/mol. The van der Waals surface area contributed by atoms with E-state index in [2.05, 4.69) is 5.32 Å². The Hall–Kier alpha value is -2.67. The van der Waals surface area contributed by atoms with Gasteiger partial charge in [0, 0.05) is 10.4 Å². The van der Waals surface area contributed by atoms with Crippen molar-refractivity contribution in [2.75, 3.05) is 5.32 Å². The van der Waals surface area contributed by atoms with Gasteiger partial charge in [-0.05, 0) is 43.4 Å². The molecule has 1 aromatic heterocycles. The number of fused-ring (bicyclic) bond motifs is 1. The Morgan fingerprint density at radius 2 is 2.00 bits per heavy atom. The van der Waals surface area contributed by atoms with E-state index >= 15 is 0 Å². The Morgan fingerprint density at radius 1 is 1.28 bits per heavy atom. The smallest absolute Gasteiger partial charge is 0.311 e. The standard InChI is InChI=1S/C18H18N2O4S/c1-9-5-2-3-6-10(9)16(22)20-17-14(15(19)21)13-11(18(23)24)7-4-8-12(13)25-17/h2-3,5-6,11H,4,7-8H2,1H3,(H2,19,21)(H,20,22)(H,23,24). The Balaban J connectivity index is 2.03. The summed E-state index contributed by atoms with van der Waals surface area (Å²) >= 11 is 1.24. The van der Waals surface area contributed by atoms with Crippen molar-refractivity contribution >= 4 is 34.1 Å². The van der Waals surface area contributed by atoms with Crippen LogP contribution in [0.5, 0.6) is 0 Å². The topological polar surface area (TPSA) is 109 Å². The normalized spacial score (nSPS) is 16.1. The van der Waals surface area contributed by atoms with Crippen LogP contribution in [0.4, 0.5) is 5.00 Å². The van der Waals surface area contributed by atoms with Gasteiger partial charge in [-0.3, -0.25) is 14.4 Å². The van der Waals surface area contributed by atoms with Crippen molar-refractivity contribution in [3.05, 3.63) is 51.4 Å². The largest absolute Gasteiger partial charge is 0.481 e. The molecule has 0 bridgehead atoms. The van der Waals surface area contributed by atoms with Crippen LogP contribution < -0.4 is 11.1 Å². The van der Waals surface area contributed by atoms with Gasteiger partial charge in [0.05, 0.1) is 11.5 Å². The first-order valence-corrected chi connectivity index (χ1v) is 8.77. The first-order chi connectivity index (χ1) is 11.9. The summed E-state index contributed by atoms with van der Waals surface area (Å²) in [6.07, 6.45) is 1.88. The third kappa shape index (κ3) is 3.15. The average Bonchev–Trinajstić information content (AvgIpc) is 2.92. The van der Waals surface area contributed by atoms with Crippen LogP contribution in [-0.4, -0.2) is 22.9 Å². The second kappa shape index (κ2) is 6.68. The van der Waals surface area contributed by atoms with E-state index in [4.69, 9.17) is 5.73 Å². The van der Waals surface area contributed by atoms with Crippen LogP contribution >= 0.6 is 11.3 Å². The maximum absolute atomic E-state index is 12.6. The number of primary amides is 1. The van der Waals surface area contributed by atoms with Crippen molar-refractivity contribution in [3.8, 4) is 0 Å². The van der Waals surface area contributed by atoms with Crippen LogP contribution in [0, 0.1) is 6.92 Å². The molecule has 1 heterocycles. The van der Waals surface area contributed by atoms with Crippen LogP contribution in [0.15, 0.2) is 24.3 Å². The number of amides is 2. The molecule has 3 rings (SSSR count). The fraction of sp³-hybridized carbons (Fsp3) is 0.278. The molecule has 1 aromatic carbocycles. The highest BCUT2D eigenvalue weighted by Gasteiger charge is 2.34. The highest BCUT2D eigenvalue weighted by molar-refractivity contribution is 7.17. The van der Waals surface area contributed by atoms with Gasteiger partial charge in [-0.2, -0.15) is 0 Å². The zero-order valence-corrected chi connectivity index (χ0v) is 14.5. The van der Waals surface area contributed by atoms with E-state index in [9.17, 15) is 19.5 Å². The van der Waals surface area contributed by atoms with Crippen molar-refractivity contribution < 1.29 is 19.5 Å². The molecule has 0 saturated heterocycles. The molecule has 1 aliphatic rings. The van der Waals surface area contributed by atoms with Crippen LogP contribution in [0.2, 0.25) is 0 Å². The summed E-state index contributed by atoms with van der Waals surface area (Å²) in [6, 6.07) is 7.12. The minimum Gasteiger partial charge on any atom is -0.481 e. The Morgan fingerprint density at radius 3 is 2.64 bits per heavy atom. The summed E-state index contributed by atoms with van der Waals surface area (Å²) in [7, 11) is 0. The molecular formula is C18H18N2O4S. The summed E-state index contributed by atoms with van der Waals surface area (Å²) in [6.45, 7) is 1.82. The van der Waals surface area contributed by atoms with E-state index in [0.717, 1.165) is 16.9 Å². The molecule has 6 nitrogen and oxygen atoms in total. The van der Waals surface area contributed by atoms with Gasteiger partial charge >= 0.3 is 5.97 Å².